The van der Waals surface area contributed by atoms with Crippen LogP contribution in [0.15, 0.2) is 6.07 Å². The first-order valence-electron chi connectivity index (χ1n) is 2.54. The zero-order valence-electron chi connectivity index (χ0n) is 5.00. The van der Waals surface area contributed by atoms with Crippen molar-refractivity contribution in [1.29, 1.82) is 0 Å². The molecule has 1 aromatic rings. The van der Waals surface area contributed by atoms with Crippen molar-refractivity contribution in [2.24, 2.45) is 0 Å². The van der Waals surface area contributed by atoms with E-state index in [1.54, 1.807) is 0 Å². The lowest BCUT2D eigenvalue weighted by Crippen LogP contribution is -2.02. The van der Waals surface area contributed by atoms with Crippen molar-refractivity contribution >= 4 is 22.6 Å². The lowest BCUT2D eigenvalue weighted by molar-refractivity contribution is -0.274. The molecule has 0 aliphatic rings. The fourth-order valence-electron chi connectivity index (χ4n) is 0.550. The average Bonchev–Trinajstić information content (AvgIpc) is 1.97. The molecule has 0 heterocycles. The van der Waals surface area contributed by atoms with Crippen molar-refractivity contribution < 1.29 is 18.3 Å². The second-order valence-corrected chi connectivity index (χ2v) is 2.96. The minimum atomic E-state index is -1.71. The third-order valence-corrected chi connectivity index (χ3v) is 1.87. The molecule has 5 heteroatoms. The Morgan fingerprint density at radius 2 is 1.73 bits per heavy atom. The summed E-state index contributed by atoms with van der Waals surface area (Å²) < 4.78 is 36.6. The Hall–Kier alpha value is -0.460. The molecule has 0 amide bonds. The number of halogens is 4. The number of hydrogen-bond donors (Lipinski definition) is 0. The van der Waals surface area contributed by atoms with Crippen LogP contribution in [0.4, 0.5) is 13.2 Å². The maximum atomic E-state index is 12.3. The van der Waals surface area contributed by atoms with Gasteiger partial charge in [0.25, 0.3) is 0 Å². The highest BCUT2D eigenvalue weighted by Crippen LogP contribution is 2.24. The molecule has 0 aliphatic heterocycles. The van der Waals surface area contributed by atoms with E-state index >= 15 is 0 Å². The van der Waals surface area contributed by atoms with E-state index in [1.807, 2.05) is 0 Å². The molecule has 0 atom stereocenters. The summed E-state index contributed by atoms with van der Waals surface area (Å²) in [7, 11) is 0. The molecule has 11 heavy (non-hydrogen) atoms. The quantitative estimate of drug-likeness (QED) is 0.401. The molecule has 0 fully saturated rings. The van der Waals surface area contributed by atoms with Gasteiger partial charge in [-0.1, -0.05) is 5.75 Å². The van der Waals surface area contributed by atoms with E-state index in [9.17, 15) is 18.3 Å². The number of rotatable bonds is 0. The van der Waals surface area contributed by atoms with Crippen molar-refractivity contribution in [3.05, 3.63) is 27.1 Å². The van der Waals surface area contributed by atoms with Gasteiger partial charge < -0.3 is 5.11 Å². The van der Waals surface area contributed by atoms with Crippen LogP contribution in [0.1, 0.15) is 0 Å². The van der Waals surface area contributed by atoms with Crippen molar-refractivity contribution in [3.63, 3.8) is 0 Å². The zero-order chi connectivity index (χ0) is 8.59. The first-order chi connectivity index (χ1) is 5.04. The normalized spacial score (nSPS) is 10.2. The van der Waals surface area contributed by atoms with Crippen molar-refractivity contribution in [3.8, 4) is 5.75 Å². The Kier molecular flexibility index (Phi) is 2.26. The Labute approximate surface area is 74.0 Å². The number of benzene rings is 1. The smallest absolute Gasteiger partial charge is 0.193 e. The Morgan fingerprint density at radius 1 is 1.18 bits per heavy atom. The predicted molar refractivity (Wildman–Crippen MR) is 38.5 cm³/mol. The van der Waals surface area contributed by atoms with Gasteiger partial charge in [0.05, 0.1) is 0 Å². The van der Waals surface area contributed by atoms with Gasteiger partial charge in [-0.05, 0) is 28.7 Å². The molecule has 0 N–H and O–H groups in total. The van der Waals surface area contributed by atoms with Gasteiger partial charge in [-0.25, -0.2) is 13.2 Å². The minimum absolute atomic E-state index is 0.168. The third kappa shape index (κ3) is 1.42. The molecule has 0 aliphatic carbocycles. The van der Waals surface area contributed by atoms with Gasteiger partial charge in [-0.3, -0.25) is 0 Å². The van der Waals surface area contributed by atoms with Crippen LogP contribution in [0.2, 0.25) is 0 Å². The second-order valence-electron chi connectivity index (χ2n) is 1.80. The summed E-state index contributed by atoms with van der Waals surface area (Å²) >= 11 is 1.43. The molecule has 1 aromatic carbocycles. The molecule has 1 nitrogen and oxygen atoms in total. The van der Waals surface area contributed by atoms with Crippen LogP contribution in [0, 0.1) is 21.0 Å². The van der Waals surface area contributed by atoms with E-state index in [0.29, 0.717) is 6.07 Å². The summed E-state index contributed by atoms with van der Waals surface area (Å²) in [6.07, 6.45) is 0. The molecule has 1 rings (SSSR count). The zero-order valence-corrected chi connectivity index (χ0v) is 7.15. The summed E-state index contributed by atoms with van der Waals surface area (Å²) in [5, 5.41) is 10.6. The Morgan fingerprint density at radius 3 is 2.27 bits per heavy atom. The van der Waals surface area contributed by atoms with Gasteiger partial charge in [0.2, 0.25) is 0 Å². The highest BCUT2D eigenvalue weighted by Gasteiger charge is 2.10. The molecular formula is C6HF3IO-. The van der Waals surface area contributed by atoms with E-state index in [1.165, 1.54) is 22.6 Å². The molecule has 60 valence electrons. The first kappa shape index (κ1) is 8.63. The van der Waals surface area contributed by atoms with E-state index in [-0.39, 0.29) is 3.57 Å². The standard InChI is InChI=1S/C6H2F3IO/c7-2-1-3(10)6(11)5(9)4(2)8/h1,11H/p-1. The van der Waals surface area contributed by atoms with Crippen molar-refractivity contribution in [2.75, 3.05) is 0 Å². The maximum Gasteiger partial charge on any atom is 0.193 e. The SMILES string of the molecule is [O-]c1c(I)cc(F)c(F)c1F. The monoisotopic (exact) mass is 273 g/mol. The first-order valence-corrected chi connectivity index (χ1v) is 3.62. The van der Waals surface area contributed by atoms with Gasteiger partial charge in [-0.15, -0.1) is 0 Å². The Bertz CT molecular complexity index is 274. The molecule has 0 spiro atoms. The molecular weight excluding hydrogens is 272 g/mol. The van der Waals surface area contributed by atoms with Crippen LogP contribution in [-0.2, 0) is 0 Å². The molecule has 0 bridgehead atoms. The van der Waals surface area contributed by atoms with Gasteiger partial charge >= 0.3 is 0 Å². The van der Waals surface area contributed by atoms with Crippen LogP contribution in [0.3, 0.4) is 0 Å². The molecule has 0 radical (unpaired) electrons. The van der Waals surface area contributed by atoms with Crippen LogP contribution in [-0.4, -0.2) is 0 Å². The van der Waals surface area contributed by atoms with Gasteiger partial charge in [0.1, 0.15) is 0 Å². The van der Waals surface area contributed by atoms with Crippen molar-refractivity contribution in [1.82, 2.24) is 0 Å². The summed E-state index contributed by atoms with van der Waals surface area (Å²) in [6.45, 7) is 0. The second kappa shape index (κ2) is 2.88. The largest absolute Gasteiger partial charge is 0.870 e. The predicted octanol–water partition coefficient (Wildman–Crippen LogP) is 1.78. The molecule has 0 saturated heterocycles. The summed E-state index contributed by atoms with van der Waals surface area (Å²) in [6, 6.07) is 0.654. The van der Waals surface area contributed by atoms with Crippen LogP contribution in [0.25, 0.3) is 0 Å². The van der Waals surface area contributed by atoms with E-state index in [4.69, 9.17) is 0 Å². The lowest BCUT2D eigenvalue weighted by Gasteiger charge is -2.10. The summed E-state index contributed by atoms with van der Waals surface area (Å²) in [5.74, 6) is -5.82. The highest BCUT2D eigenvalue weighted by atomic mass is 127. The molecule has 0 saturated carbocycles. The van der Waals surface area contributed by atoms with E-state index in [0.717, 1.165) is 0 Å². The van der Waals surface area contributed by atoms with Crippen LogP contribution < -0.4 is 5.11 Å². The fraction of sp³-hybridized carbons (Fsp3) is 0. The fourth-order valence-corrected chi connectivity index (χ4v) is 1.06. The molecule has 0 aromatic heterocycles. The third-order valence-electron chi connectivity index (χ3n) is 1.07. The van der Waals surface area contributed by atoms with Crippen molar-refractivity contribution in [2.45, 2.75) is 0 Å². The van der Waals surface area contributed by atoms with Gasteiger partial charge in [0.15, 0.2) is 17.5 Å². The lowest BCUT2D eigenvalue weighted by atomic mass is 10.3. The topological polar surface area (TPSA) is 23.1 Å². The van der Waals surface area contributed by atoms with E-state index < -0.39 is 23.2 Å². The minimum Gasteiger partial charge on any atom is -0.870 e. The van der Waals surface area contributed by atoms with E-state index in [2.05, 4.69) is 0 Å². The number of hydrogen-bond acceptors (Lipinski definition) is 1. The van der Waals surface area contributed by atoms with Crippen LogP contribution in [0.5, 0.6) is 5.75 Å². The Balaban J connectivity index is 3.46. The highest BCUT2D eigenvalue weighted by molar-refractivity contribution is 14.1. The summed E-state index contributed by atoms with van der Waals surface area (Å²) in [4.78, 5) is 0. The average molecular weight is 273 g/mol. The molecule has 0 unspecified atom stereocenters. The summed E-state index contributed by atoms with van der Waals surface area (Å²) in [5.41, 5.74) is 0. The van der Waals surface area contributed by atoms with Crippen LogP contribution >= 0.6 is 22.6 Å². The van der Waals surface area contributed by atoms with Gasteiger partial charge in [-0.2, -0.15) is 0 Å². The van der Waals surface area contributed by atoms with Gasteiger partial charge in [0, 0.05) is 3.57 Å². The maximum absolute atomic E-state index is 12.3.